The lowest BCUT2D eigenvalue weighted by Crippen LogP contribution is -2.19. The van der Waals surface area contributed by atoms with E-state index in [0.717, 1.165) is 11.1 Å². The van der Waals surface area contributed by atoms with E-state index in [1.54, 1.807) is 6.08 Å². The third-order valence-corrected chi connectivity index (χ3v) is 3.57. The summed E-state index contributed by atoms with van der Waals surface area (Å²) >= 11 is 0. The summed E-state index contributed by atoms with van der Waals surface area (Å²) in [5.41, 5.74) is 1.95. The fourth-order valence-electron chi connectivity index (χ4n) is 2.45. The van der Waals surface area contributed by atoms with Crippen LogP contribution in [0.2, 0.25) is 0 Å². The Labute approximate surface area is 138 Å². The molecule has 1 heterocycles. The number of rotatable bonds is 5. The van der Waals surface area contributed by atoms with Crippen LogP contribution in [0, 0.1) is 10.1 Å². The third-order valence-electron chi connectivity index (χ3n) is 3.57. The first-order chi connectivity index (χ1) is 11.6. The first-order valence-electron chi connectivity index (χ1n) is 7.40. The van der Waals surface area contributed by atoms with Gasteiger partial charge in [0.25, 0.3) is 0 Å². The van der Waals surface area contributed by atoms with Gasteiger partial charge in [-0.15, -0.1) is 0 Å². The molecule has 24 heavy (non-hydrogen) atoms. The molecule has 0 unspecified atom stereocenters. The molecule has 2 aromatic carbocycles. The SMILES string of the molecule is O=C1NC(=Cc2ccccc2)C(NCc2ccccc2)=C1[N+](=O)[O-]. The highest BCUT2D eigenvalue weighted by molar-refractivity contribution is 5.99. The highest BCUT2D eigenvalue weighted by Crippen LogP contribution is 2.22. The topological polar surface area (TPSA) is 84.3 Å². The maximum atomic E-state index is 11.9. The Morgan fingerprint density at radius 1 is 1.04 bits per heavy atom. The summed E-state index contributed by atoms with van der Waals surface area (Å²) in [7, 11) is 0. The Kier molecular flexibility index (Phi) is 4.38. The summed E-state index contributed by atoms with van der Waals surface area (Å²) in [6.07, 6.45) is 1.71. The largest absolute Gasteiger partial charge is 0.374 e. The number of nitrogens with zero attached hydrogens (tertiary/aromatic N) is 1. The van der Waals surface area contributed by atoms with Crippen molar-refractivity contribution in [2.24, 2.45) is 0 Å². The average Bonchev–Trinajstić information content (AvgIpc) is 2.90. The van der Waals surface area contributed by atoms with E-state index in [9.17, 15) is 14.9 Å². The Bertz CT molecular complexity index is 827. The van der Waals surface area contributed by atoms with Gasteiger partial charge in [0.05, 0.1) is 10.6 Å². The minimum absolute atomic E-state index is 0.206. The van der Waals surface area contributed by atoms with Crippen molar-refractivity contribution in [2.75, 3.05) is 0 Å². The molecule has 2 N–H and O–H groups in total. The van der Waals surface area contributed by atoms with Crippen LogP contribution in [0.3, 0.4) is 0 Å². The number of nitrogens with one attached hydrogen (secondary N) is 2. The molecule has 6 heteroatoms. The number of amides is 1. The van der Waals surface area contributed by atoms with Gasteiger partial charge in [0.1, 0.15) is 5.70 Å². The van der Waals surface area contributed by atoms with E-state index in [1.807, 2.05) is 60.7 Å². The van der Waals surface area contributed by atoms with Gasteiger partial charge in [-0.25, -0.2) is 0 Å². The third kappa shape index (κ3) is 3.33. The van der Waals surface area contributed by atoms with Crippen molar-refractivity contribution in [1.29, 1.82) is 0 Å². The molecule has 0 aromatic heterocycles. The van der Waals surface area contributed by atoms with Crippen LogP contribution in [0.1, 0.15) is 11.1 Å². The van der Waals surface area contributed by atoms with Gasteiger partial charge >= 0.3 is 11.6 Å². The zero-order chi connectivity index (χ0) is 16.9. The van der Waals surface area contributed by atoms with Crippen LogP contribution in [-0.2, 0) is 11.3 Å². The molecule has 0 saturated carbocycles. The van der Waals surface area contributed by atoms with Crippen molar-refractivity contribution < 1.29 is 9.72 Å². The highest BCUT2D eigenvalue weighted by Gasteiger charge is 2.37. The Morgan fingerprint density at radius 3 is 2.29 bits per heavy atom. The van der Waals surface area contributed by atoms with Gasteiger partial charge in [0.15, 0.2) is 0 Å². The molecule has 0 spiro atoms. The Hall–Kier alpha value is -3.41. The molecule has 0 saturated heterocycles. The predicted octanol–water partition coefficient (Wildman–Crippen LogP) is 2.44. The average molecular weight is 321 g/mol. The molecular formula is C18H15N3O3. The lowest BCUT2D eigenvalue weighted by atomic mass is 10.1. The molecular weight excluding hydrogens is 306 g/mol. The lowest BCUT2D eigenvalue weighted by molar-refractivity contribution is -0.419. The number of hydrogen-bond acceptors (Lipinski definition) is 4. The fraction of sp³-hybridized carbons (Fsp3) is 0.0556. The van der Waals surface area contributed by atoms with Crippen LogP contribution < -0.4 is 10.6 Å². The second-order valence-corrected chi connectivity index (χ2v) is 5.24. The molecule has 0 fully saturated rings. The first kappa shape index (κ1) is 15.5. The van der Waals surface area contributed by atoms with E-state index in [4.69, 9.17) is 0 Å². The maximum absolute atomic E-state index is 11.9. The molecule has 0 radical (unpaired) electrons. The van der Waals surface area contributed by atoms with Crippen molar-refractivity contribution in [3.63, 3.8) is 0 Å². The number of carbonyl (C=O) groups is 1. The van der Waals surface area contributed by atoms with Crippen LogP contribution >= 0.6 is 0 Å². The van der Waals surface area contributed by atoms with Crippen LogP contribution in [0.5, 0.6) is 0 Å². The van der Waals surface area contributed by atoms with Crippen LogP contribution in [-0.4, -0.2) is 10.8 Å². The van der Waals surface area contributed by atoms with Gasteiger partial charge in [0.2, 0.25) is 0 Å². The first-order valence-corrected chi connectivity index (χ1v) is 7.40. The number of hydrogen-bond donors (Lipinski definition) is 2. The molecule has 1 amide bonds. The summed E-state index contributed by atoms with van der Waals surface area (Å²) < 4.78 is 0. The van der Waals surface area contributed by atoms with E-state index in [0.29, 0.717) is 12.2 Å². The van der Waals surface area contributed by atoms with Gasteiger partial charge in [-0.3, -0.25) is 14.9 Å². The van der Waals surface area contributed by atoms with E-state index >= 15 is 0 Å². The van der Waals surface area contributed by atoms with Gasteiger partial charge < -0.3 is 10.6 Å². The van der Waals surface area contributed by atoms with Crippen LogP contribution in [0.25, 0.3) is 6.08 Å². The quantitative estimate of drug-likeness (QED) is 0.654. The van der Waals surface area contributed by atoms with Gasteiger partial charge in [-0.05, 0) is 17.2 Å². The van der Waals surface area contributed by atoms with Crippen molar-refractivity contribution in [3.8, 4) is 0 Å². The molecule has 2 aromatic rings. The fourth-order valence-corrected chi connectivity index (χ4v) is 2.45. The predicted molar refractivity (Wildman–Crippen MR) is 89.9 cm³/mol. The molecule has 0 bridgehead atoms. The van der Waals surface area contributed by atoms with Crippen molar-refractivity contribution >= 4 is 12.0 Å². The van der Waals surface area contributed by atoms with Crippen molar-refractivity contribution in [3.05, 3.63) is 99.0 Å². The van der Waals surface area contributed by atoms with E-state index in [2.05, 4.69) is 10.6 Å². The second kappa shape index (κ2) is 6.78. The zero-order valence-electron chi connectivity index (χ0n) is 12.7. The monoisotopic (exact) mass is 321 g/mol. The number of benzene rings is 2. The smallest absolute Gasteiger partial charge is 0.358 e. The van der Waals surface area contributed by atoms with Crippen molar-refractivity contribution in [2.45, 2.75) is 6.54 Å². The Morgan fingerprint density at radius 2 is 1.67 bits per heavy atom. The Balaban J connectivity index is 1.93. The number of nitro groups is 1. The molecule has 120 valence electrons. The molecule has 1 aliphatic heterocycles. The summed E-state index contributed by atoms with van der Waals surface area (Å²) in [6, 6.07) is 18.8. The van der Waals surface area contributed by atoms with Crippen LogP contribution in [0.4, 0.5) is 0 Å². The normalized spacial score (nSPS) is 15.5. The number of carbonyl (C=O) groups excluding carboxylic acids is 1. The van der Waals surface area contributed by atoms with Crippen LogP contribution in [0.15, 0.2) is 77.8 Å². The molecule has 6 nitrogen and oxygen atoms in total. The lowest BCUT2D eigenvalue weighted by Gasteiger charge is -2.08. The molecule has 0 aliphatic carbocycles. The standard InChI is InChI=1S/C18H15N3O3/c22-18-17(21(23)24)16(19-12-14-9-5-2-6-10-14)15(20-18)11-13-7-3-1-4-8-13/h1-11,19H,12H2,(H,20,22). The summed E-state index contributed by atoms with van der Waals surface area (Å²) in [5.74, 6) is -0.710. The van der Waals surface area contributed by atoms with E-state index < -0.39 is 16.5 Å². The zero-order valence-corrected chi connectivity index (χ0v) is 12.7. The molecule has 3 rings (SSSR count). The molecule has 0 atom stereocenters. The van der Waals surface area contributed by atoms with E-state index in [-0.39, 0.29) is 5.70 Å². The minimum Gasteiger partial charge on any atom is -0.374 e. The van der Waals surface area contributed by atoms with E-state index in [1.165, 1.54) is 0 Å². The summed E-state index contributed by atoms with van der Waals surface area (Å²) in [5, 5.41) is 16.8. The highest BCUT2D eigenvalue weighted by atomic mass is 16.6. The summed E-state index contributed by atoms with van der Waals surface area (Å²) in [6.45, 7) is 0.384. The second-order valence-electron chi connectivity index (χ2n) is 5.24. The summed E-state index contributed by atoms with van der Waals surface area (Å²) in [4.78, 5) is 22.5. The van der Waals surface area contributed by atoms with Gasteiger partial charge in [-0.1, -0.05) is 60.7 Å². The minimum atomic E-state index is -0.710. The van der Waals surface area contributed by atoms with Gasteiger partial charge in [-0.2, -0.15) is 0 Å². The van der Waals surface area contributed by atoms with Gasteiger partial charge in [0, 0.05) is 6.54 Å². The van der Waals surface area contributed by atoms with Crippen molar-refractivity contribution in [1.82, 2.24) is 10.6 Å². The maximum Gasteiger partial charge on any atom is 0.358 e. The molecule has 1 aliphatic rings.